The molecule has 1 aliphatic carbocycles. The first-order chi connectivity index (χ1) is 8.03. The van der Waals surface area contributed by atoms with E-state index in [1.807, 2.05) is 0 Å². The monoisotopic (exact) mass is 252 g/mol. The van der Waals surface area contributed by atoms with Crippen molar-refractivity contribution in [1.29, 1.82) is 0 Å². The van der Waals surface area contributed by atoms with Gasteiger partial charge in [-0.05, 0) is 60.2 Å². The first-order valence-electron chi connectivity index (χ1n) is 8.03. The summed E-state index contributed by atoms with van der Waals surface area (Å²) in [5.41, 5.74) is 1.48. The van der Waals surface area contributed by atoms with Crippen molar-refractivity contribution in [2.75, 3.05) is 0 Å². The number of hydrogen-bond acceptors (Lipinski definition) is 0. The largest absolute Gasteiger partial charge is 0.0648 e. The summed E-state index contributed by atoms with van der Waals surface area (Å²) >= 11 is 0. The van der Waals surface area contributed by atoms with Crippen molar-refractivity contribution in [3.63, 3.8) is 0 Å². The topological polar surface area (TPSA) is 0 Å². The van der Waals surface area contributed by atoms with Crippen LogP contribution in [0.2, 0.25) is 0 Å². The molecule has 0 N–H and O–H groups in total. The van der Waals surface area contributed by atoms with Crippen LogP contribution in [0.3, 0.4) is 0 Å². The molecule has 0 aliphatic heterocycles. The van der Waals surface area contributed by atoms with Gasteiger partial charge in [0.15, 0.2) is 0 Å². The highest BCUT2D eigenvalue weighted by atomic mass is 14.5. The Labute approximate surface area is 116 Å². The lowest BCUT2D eigenvalue weighted by Gasteiger charge is -2.50. The summed E-state index contributed by atoms with van der Waals surface area (Å²) in [6, 6.07) is 0. The normalized spacial score (nSPS) is 37.3. The van der Waals surface area contributed by atoms with Gasteiger partial charge in [0, 0.05) is 0 Å². The van der Waals surface area contributed by atoms with Gasteiger partial charge in [0.1, 0.15) is 0 Å². The fourth-order valence-corrected chi connectivity index (χ4v) is 4.31. The van der Waals surface area contributed by atoms with E-state index < -0.39 is 0 Å². The average molecular weight is 252 g/mol. The second-order valence-corrected chi connectivity index (χ2v) is 8.95. The molecule has 0 spiro atoms. The second kappa shape index (κ2) is 5.17. The van der Waals surface area contributed by atoms with Crippen LogP contribution in [0.5, 0.6) is 0 Å². The Morgan fingerprint density at radius 3 is 2.06 bits per heavy atom. The summed E-state index contributed by atoms with van der Waals surface area (Å²) in [5.74, 6) is 1.78. The van der Waals surface area contributed by atoms with Crippen molar-refractivity contribution < 1.29 is 0 Å². The molecular formula is C18H36. The third-order valence-corrected chi connectivity index (χ3v) is 5.89. The van der Waals surface area contributed by atoms with Gasteiger partial charge in [0.25, 0.3) is 0 Å². The van der Waals surface area contributed by atoms with Crippen molar-refractivity contribution in [2.24, 2.45) is 28.1 Å². The van der Waals surface area contributed by atoms with Crippen molar-refractivity contribution in [1.82, 2.24) is 0 Å². The quantitative estimate of drug-likeness (QED) is 0.506. The standard InChI is InChI=1S/C18H36/c1-9-18(13-16(4,5)6)12-15(3)14(2)10-11-17(18,7)8/h14-15H,9-13H2,1-8H3. The molecule has 0 aromatic rings. The molecule has 3 atom stereocenters. The Balaban J connectivity index is 3.10. The summed E-state index contributed by atoms with van der Waals surface area (Å²) in [7, 11) is 0. The molecular weight excluding hydrogens is 216 g/mol. The van der Waals surface area contributed by atoms with Crippen LogP contribution in [0.25, 0.3) is 0 Å². The summed E-state index contributed by atoms with van der Waals surface area (Å²) < 4.78 is 0. The molecule has 18 heavy (non-hydrogen) atoms. The van der Waals surface area contributed by atoms with E-state index in [0.29, 0.717) is 16.2 Å². The van der Waals surface area contributed by atoms with Gasteiger partial charge < -0.3 is 0 Å². The molecule has 1 aliphatic rings. The molecule has 0 aromatic heterocycles. The summed E-state index contributed by atoms with van der Waals surface area (Å²) in [4.78, 5) is 0. The lowest BCUT2D eigenvalue weighted by molar-refractivity contribution is 0.00132. The molecule has 0 heterocycles. The highest BCUT2D eigenvalue weighted by molar-refractivity contribution is 4.98. The minimum Gasteiger partial charge on any atom is -0.0648 e. The van der Waals surface area contributed by atoms with Crippen LogP contribution in [-0.4, -0.2) is 0 Å². The Bertz CT molecular complexity index is 268. The van der Waals surface area contributed by atoms with Crippen molar-refractivity contribution in [3.05, 3.63) is 0 Å². The fourth-order valence-electron chi connectivity index (χ4n) is 4.31. The minimum absolute atomic E-state index is 0.445. The second-order valence-electron chi connectivity index (χ2n) is 8.95. The zero-order valence-electron chi connectivity index (χ0n) is 14.2. The molecule has 0 heteroatoms. The van der Waals surface area contributed by atoms with Crippen LogP contribution in [-0.2, 0) is 0 Å². The van der Waals surface area contributed by atoms with Crippen LogP contribution < -0.4 is 0 Å². The van der Waals surface area contributed by atoms with Gasteiger partial charge in [-0.25, -0.2) is 0 Å². The van der Waals surface area contributed by atoms with Crippen molar-refractivity contribution in [2.45, 2.75) is 87.5 Å². The highest BCUT2D eigenvalue weighted by Gasteiger charge is 2.48. The molecule has 0 nitrogen and oxygen atoms in total. The Morgan fingerprint density at radius 2 is 1.61 bits per heavy atom. The first kappa shape index (κ1) is 16.1. The van der Waals surface area contributed by atoms with E-state index in [1.165, 1.54) is 32.1 Å². The van der Waals surface area contributed by atoms with E-state index in [0.717, 1.165) is 11.8 Å². The molecule has 0 amide bonds. The van der Waals surface area contributed by atoms with Crippen LogP contribution in [0.4, 0.5) is 0 Å². The van der Waals surface area contributed by atoms with Crippen molar-refractivity contribution in [3.8, 4) is 0 Å². The van der Waals surface area contributed by atoms with E-state index in [4.69, 9.17) is 0 Å². The van der Waals surface area contributed by atoms with Gasteiger partial charge in [-0.1, -0.05) is 55.4 Å². The molecule has 1 rings (SSSR count). The minimum atomic E-state index is 0.445. The lowest BCUT2D eigenvalue weighted by atomic mass is 9.55. The third-order valence-electron chi connectivity index (χ3n) is 5.89. The summed E-state index contributed by atoms with van der Waals surface area (Å²) in [5, 5.41) is 0. The summed E-state index contributed by atoms with van der Waals surface area (Å²) in [6.45, 7) is 19.7. The predicted molar refractivity (Wildman–Crippen MR) is 82.8 cm³/mol. The molecule has 1 saturated carbocycles. The van der Waals surface area contributed by atoms with E-state index in [-0.39, 0.29) is 0 Å². The molecule has 0 aromatic carbocycles. The molecule has 1 fully saturated rings. The Kier molecular flexibility index (Phi) is 4.62. The van der Waals surface area contributed by atoms with Crippen LogP contribution in [0.1, 0.15) is 87.5 Å². The maximum Gasteiger partial charge on any atom is -0.0241 e. The zero-order chi connectivity index (χ0) is 14.2. The van der Waals surface area contributed by atoms with E-state index in [2.05, 4.69) is 55.4 Å². The zero-order valence-corrected chi connectivity index (χ0v) is 14.2. The lowest BCUT2D eigenvalue weighted by Crippen LogP contribution is -2.40. The smallest absolute Gasteiger partial charge is 0.0241 e. The summed E-state index contributed by atoms with van der Waals surface area (Å²) in [6.07, 6.45) is 6.96. The van der Waals surface area contributed by atoms with Crippen LogP contribution in [0.15, 0.2) is 0 Å². The molecule has 108 valence electrons. The maximum absolute atomic E-state index is 2.53. The molecule has 0 bridgehead atoms. The van der Waals surface area contributed by atoms with E-state index in [9.17, 15) is 0 Å². The van der Waals surface area contributed by atoms with E-state index in [1.54, 1.807) is 0 Å². The van der Waals surface area contributed by atoms with Crippen molar-refractivity contribution >= 4 is 0 Å². The Morgan fingerprint density at radius 1 is 1.06 bits per heavy atom. The number of hydrogen-bond donors (Lipinski definition) is 0. The maximum atomic E-state index is 2.53. The molecule has 0 saturated heterocycles. The average Bonchev–Trinajstić information content (AvgIpc) is 2.28. The first-order valence-corrected chi connectivity index (χ1v) is 8.03. The Hall–Kier alpha value is 0. The van der Waals surface area contributed by atoms with Gasteiger partial charge >= 0.3 is 0 Å². The highest BCUT2D eigenvalue weighted by Crippen LogP contribution is 2.58. The van der Waals surface area contributed by atoms with Gasteiger partial charge in [0.05, 0.1) is 0 Å². The predicted octanol–water partition coefficient (Wildman–Crippen LogP) is 6.30. The molecule has 3 unspecified atom stereocenters. The van der Waals surface area contributed by atoms with Gasteiger partial charge in [-0.15, -0.1) is 0 Å². The van der Waals surface area contributed by atoms with Crippen LogP contribution in [0, 0.1) is 28.1 Å². The third kappa shape index (κ3) is 3.31. The fraction of sp³-hybridized carbons (Fsp3) is 1.00. The molecule has 0 radical (unpaired) electrons. The van der Waals surface area contributed by atoms with Gasteiger partial charge in [-0.2, -0.15) is 0 Å². The van der Waals surface area contributed by atoms with E-state index >= 15 is 0 Å². The SMILES string of the molecule is CCC1(CC(C)(C)C)CC(C)C(C)CCC1(C)C. The van der Waals surface area contributed by atoms with Crippen LogP contribution >= 0.6 is 0 Å². The number of rotatable bonds is 2. The van der Waals surface area contributed by atoms with Gasteiger partial charge in [0.2, 0.25) is 0 Å². The van der Waals surface area contributed by atoms with Gasteiger partial charge in [-0.3, -0.25) is 0 Å².